The van der Waals surface area contributed by atoms with Gasteiger partial charge >= 0.3 is 6.18 Å². The molecule has 9 nitrogen and oxygen atoms in total. The predicted molar refractivity (Wildman–Crippen MR) is 163 cm³/mol. The first-order valence-corrected chi connectivity index (χ1v) is 14.2. The van der Waals surface area contributed by atoms with Gasteiger partial charge in [0.25, 0.3) is 5.91 Å². The summed E-state index contributed by atoms with van der Waals surface area (Å²) in [5.74, 6) is -0.533. The largest absolute Gasteiger partial charge is 0.416 e. The van der Waals surface area contributed by atoms with Crippen LogP contribution in [0.5, 0.6) is 0 Å². The summed E-state index contributed by atoms with van der Waals surface area (Å²) in [6, 6.07) is 18.7. The van der Waals surface area contributed by atoms with E-state index in [1.807, 2.05) is 56.1 Å². The number of nitrogens with zero attached hydrogens (tertiary/aromatic N) is 7. The van der Waals surface area contributed by atoms with Crippen molar-refractivity contribution in [3.05, 3.63) is 102 Å². The number of halogens is 3. The third-order valence-corrected chi connectivity index (χ3v) is 7.99. The second-order valence-electron chi connectivity index (χ2n) is 10.8. The van der Waals surface area contributed by atoms with E-state index < -0.39 is 17.6 Å². The molecule has 3 aromatic carbocycles. The zero-order chi connectivity index (χ0) is 31.0. The number of piperazine rings is 1. The number of hydrogen-bond donors (Lipinski definition) is 1. The molecule has 1 saturated heterocycles. The van der Waals surface area contributed by atoms with Gasteiger partial charge in [-0.25, -0.2) is 4.68 Å². The molecule has 1 aliphatic rings. The van der Waals surface area contributed by atoms with Crippen LogP contribution in [0.1, 0.15) is 27.2 Å². The first-order valence-electron chi connectivity index (χ1n) is 14.2. The van der Waals surface area contributed by atoms with E-state index in [2.05, 4.69) is 25.6 Å². The Kier molecular flexibility index (Phi) is 7.58. The van der Waals surface area contributed by atoms with Gasteiger partial charge in [-0.05, 0) is 61.9 Å². The Hall–Kier alpha value is -5.13. The highest BCUT2D eigenvalue weighted by Gasteiger charge is 2.32. The number of para-hydroxylation sites is 1. The summed E-state index contributed by atoms with van der Waals surface area (Å²) >= 11 is 0. The van der Waals surface area contributed by atoms with Gasteiger partial charge in [-0.1, -0.05) is 29.5 Å². The topological polar surface area (TPSA) is 84.1 Å². The molecule has 226 valence electrons. The second-order valence-corrected chi connectivity index (χ2v) is 10.8. The van der Waals surface area contributed by atoms with E-state index in [1.54, 1.807) is 46.0 Å². The number of carbonyl (C=O) groups excluding carboxylic acids is 1. The Labute approximate surface area is 252 Å². The van der Waals surface area contributed by atoms with Crippen molar-refractivity contribution in [1.82, 2.24) is 24.8 Å². The van der Waals surface area contributed by atoms with Gasteiger partial charge < -0.3 is 15.1 Å². The third-order valence-electron chi connectivity index (χ3n) is 7.99. The molecule has 0 unspecified atom stereocenters. The maximum Gasteiger partial charge on any atom is 0.416 e. The van der Waals surface area contributed by atoms with E-state index in [1.165, 1.54) is 0 Å². The molecule has 12 heteroatoms. The summed E-state index contributed by atoms with van der Waals surface area (Å²) in [6.07, 6.45) is -1.10. The zero-order valence-electron chi connectivity index (χ0n) is 24.5. The van der Waals surface area contributed by atoms with Crippen molar-refractivity contribution in [3.8, 4) is 16.9 Å². The lowest BCUT2D eigenvalue weighted by Gasteiger charge is -2.37. The van der Waals surface area contributed by atoms with Gasteiger partial charge in [-0.2, -0.15) is 18.3 Å². The lowest BCUT2D eigenvalue weighted by Crippen LogP contribution is -2.46. The summed E-state index contributed by atoms with van der Waals surface area (Å²) in [6.45, 7) is 6.23. The van der Waals surface area contributed by atoms with Crippen LogP contribution in [0.3, 0.4) is 0 Å². The smallest absolute Gasteiger partial charge is 0.368 e. The summed E-state index contributed by atoms with van der Waals surface area (Å²) < 4.78 is 45.1. The van der Waals surface area contributed by atoms with Crippen molar-refractivity contribution in [2.75, 3.05) is 41.3 Å². The minimum Gasteiger partial charge on any atom is -0.368 e. The fourth-order valence-corrected chi connectivity index (χ4v) is 5.35. The third kappa shape index (κ3) is 5.87. The van der Waals surface area contributed by atoms with E-state index in [-0.39, 0.29) is 11.3 Å². The Bertz CT molecular complexity index is 1800. The number of rotatable bonds is 6. The highest BCUT2D eigenvalue weighted by atomic mass is 19.4. The van der Waals surface area contributed by atoms with Gasteiger partial charge in [-0.3, -0.25) is 9.48 Å². The van der Waals surface area contributed by atoms with Crippen LogP contribution < -0.4 is 15.1 Å². The van der Waals surface area contributed by atoms with E-state index in [0.717, 1.165) is 34.6 Å². The first kappa shape index (κ1) is 29.0. The standard InChI is InChI=1S/C32H31F3N8O/c1-21-9-10-23(15-30(21)43-20-29(38-39-43)28-19-36-40(3)22(28)2)31(44)37-25-16-24(32(33,34)35)17-27(18-25)42-13-11-41(12-14-42)26-7-5-4-6-8-26/h4-10,15-20H,11-14H2,1-3H3,(H,37,44). The maximum absolute atomic E-state index is 13.9. The van der Waals surface area contributed by atoms with Gasteiger partial charge in [0.05, 0.1) is 23.6 Å². The average Bonchev–Trinajstić information content (AvgIpc) is 3.63. The van der Waals surface area contributed by atoms with Crippen molar-refractivity contribution in [2.24, 2.45) is 7.05 Å². The number of nitrogens with one attached hydrogen (secondary N) is 1. The normalized spacial score (nSPS) is 13.8. The molecule has 0 bridgehead atoms. The predicted octanol–water partition coefficient (Wildman–Crippen LogP) is 5.88. The molecule has 1 fully saturated rings. The van der Waals surface area contributed by atoms with Crippen molar-refractivity contribution in [2.45, 2.75) is 20.0 Å². The number of aryl methyl sites for hydroxylation is 2. The number of carbonyl (C=O) groups is 1. The van der Waals surface area contributed by atoms with Gasteiger partial charge in [0.1, 0.15) is 5.69 Å². The fraction of sp³-hybridized carbons (Fsp3) is 0.250. The van der Waals surface area contributed by atoms with E-state index in [9.17, 15) is 18.0 Å². The molecule has 3 heterocycles. The molecule has 0 spiro atoms. The number of hydrogen-bond acceptors (Lipinski definition) is 6. The first-order chi connectivity index (χ1) is 21.1. The highest BCUT2D eigenvalue weighted by Crippen LogP contribution is 2.35. The molecule has 44 heavy (non-hydrogen) atoms. The van der Waals surface area contributed by atoms with Crippen molar-refractivity contribution < 1.29 is 18.0 Å². The Balaban J connectivity index is 1.23. The number of amides is 1. The van der Waals surface area contributed by atoms with Gasteiger partial charge in [0, 0.05) is 67.1 Å². The number of alkyl halides is 3. The molecular formula is C32H31F3N8O. The van der Waals surface area contributed by atoms with Crippen LogP contribution >= 0.6 is 0 Å². The summed E-state index contributed by atoms with van der Waals surface area (Å²) in [5, 5.41) is 15.5. The van der Waals surface area contributed by atoms with Crippen LogP contribution in [-0.4, -0.2) is 56.9 Å². The minimum atomic E-state index is -4.57. The average molecular weight is 601 g/mol. The van der Waals surface area contributed by atoms with Crippen LogP contribution in [0.4, 0.5) is 30.2 Å². The molecular weight excluding hydrogens is 569 g/mol. The molecule has 2 aromatic heterocycles. The van der Waals surface area contributed by atoms with E-state index in [0.29, 0.717) is 43.2 Å². The molecule has 5 aromatic rings. The zero-order valence-corrected chi connectivity index (χ0v) is 24.5. The van der Waals surface area contributed by atoms with Gasteiger partial charge in [0.2, 0.25) is 0 Å². The summed E-state index contributed by atoms with van der Waals surface area (Å²) in [7, 11) is 1.84. The van der Waals surface area contributed by atoms with Crippen LogP contribution in [0.2, 0.25) is 0 Å². The Morgan fingerprint density at radius 1 is 0.886 bits per heavy atom. The number of anilines is 3. The Morgan fingerprint density at radius 2 is 1.59 bits per heavy atom. The maximum atomic E-state index is 13.9. The van der Waals surface area contributed by atoms with Crippen molar-refractivity contribution in [1.29, 1.82) is 0 Å². The second kappa shape index (κ2) is 11.5. The van der Waals surface area contributed by atoms with Crippen LogP contribution in [0, 0.1) is 13.8 Å². The quantitative estimate of drug-likeness (QED) is 0.262. The molecule has 0 aliphatic carbocycles. The molecule has 1 amide bonds. The van der Waals surface area contributed by atoms with Crippen LogP contribution in [0.15, 0.2) is 79.1 Å². The van der Waals surface area contributed by atoms with Crippen LogP contribution in [-0.2, 0) is 13.2 Å². The van der Waals surface area contributed by atoms with E-state index in [4.69, 9.17) is 0 Å². The van der Waals surface area contributed by atoms with Crippen molar-refractivity contribution >= 4 is 23.0 Å². The SMILES string of the molecule is Cc1ccc(C(=O)Nc2cc(N3CCN(c4ccccc4)CC3)cc(C(F)(F)F)c2)cc1-n1cc(-c2cnn(C)c2C)nn1. The van der Waals surface area contributed by atoms with Gasteiger partial charge in [0.15, 0.2) is 0 Å². The molecule has 0 atom stereocenters. The number of aromatic nitrogens is 5. The minimum absolute atomic E-state index is 0.0718. The van der Waals surface area contributed by atoms with Crippen LogP contribution in [0.25, 0.3) is 16.9 Å². The number of benzene rings is 3. The summed E-state index contributed by atoms with van der Waals surface area (Å²) in [4.78, 5) is 17.5. The highest BCUT2D eigenvalue weighted by molar-refractivity contribution is 6.05. The molecule has 6 rings (SSSR count). The Morgan fingerprint density at radius 3 is 2.25 bits per heavy atom. The molecule has 1 aliphatic heterocycles. The lowest BCUT2D eigenvalue weighted by atomic mass is 10.1. The fourth-order valence-electron chi connectivity index (χ4n) is 5.35. The van der Waals surface area contributed by atoms with Crippen molar-refractivity contribution in [3.63, 3.8) is 0 Å². The molecule has 1 N–H and O–H groups in total. The van der Waals surface area contributed by atoms with E-state index >= 15 is 0 Å². The molecule has 0 saturated carbocycles. The molecule has 0 radical (unpaired) electrons. The van der Waals surface area contributed by atoms with Gasteiger partial charge in [-0.15, -0.1) is 5.10 Å². The monoisotopic (exact) mass is 600 g/mol. The summed E-state index contributed by atoms with van der Waals surface area (Å²) in [5.41, 5.74) is 4.89. The lowest BCUT2D eigenvalue weighted by molar-refractivity contribution is -0.137.